The van der Waals surface area contributed by atoms with Crippen molar-refractivity contribution in [3.05, 3.63) is 66.0 Å². The monoisotopic (exact) mass is 364 g/mol. The standard InChI is InChI=1S/C16H16FN5S.ClH/c17-14-8-6-13(7-9-14)12-18-10-11-23-16-19-20-21-22(16)15-4-2-1-3-5-15;/h1-9,18H,10-12H2;1H/p-1. The first kappa shape index (κ1) is 18.4. The summed E-state index contributed by atoms with van der Waals surface area (Å²) in [5.41, 5.74) is 2.00. The maximum Gasteiger partial charge on any atom is 0.214 e. The first-order valence-electron chi connectivity index (χ1n) is 7.25. The highest BCUT2D eigenvalue weighted by atomic mass is 35.5. The van der Waals surface area contributed by atoms with Gasteiger partial charge in [0.15, 0.2) is 0 Å². The van der Waals surface area contributed by atoms with Crippen LogP contribution < -0.4 is 17.7 Å². The summed E-state index contributed by atoms with van der Waals surface area (Å²) in [5, 5.41) is 15.9. The number of para-hydroxylation sites is 1. The van der Waals surface area contributed by atoms with Gasteiger partial charge in [0.05, 0.1) is 5.69 Å². The van der Waals surface area contributed by atoms with E-state index < -0.39 is 0 Å². The van der Waals surface area contributed by atoms with Crippen molar-refractivity contribution in [3.63, 3.8) is 0 Å². The van der Waals surface area contributed by atoms with Gasteiger partial charge in [0.1, 0.15) is 5.82 Å². The second-order valence-electron chi connectivity index (χ2n) is 4.86. The molecule has 0 spiro atoms. The summed E-state index contributed by atoms with van der Waals surface area (Å²) in [6, 6.07) is 16.3. The lowest BCUT2D eigenvalue weighted by atomic mass is 10.2. The van der Waals surface area contributed by atoms with Gasteiger partial charge in [-0.1, -0.05) is 42.1 Å². The van der Waals surface area contributed by atoms with Crippen molar-refractivity contribution in [2.75, 3.05) is 12.3 Å². The maximum atomic E-state index is 12.8. The normalized spacial score (nSPS) is 10.4. The van der Waals surface area contributed by atoms with Crippen LogP contribution in [0.4, 0.5) is 4.39 Å². The van der Waals surface area contributed by atoms with Crippen LogP contribution in [0.15, 0.2) is 59.8 Å². The Morgan fingerprint density at radius 2 is 1.79 bits per heavy atom. The van der Waals surface area contributed by atoms with Gasteiger partial charge in [-0.15, -0.1) is 5.10 Å². The molecule has 3 rings (SSSR count). The van der Waals surface area contributed by atoms with E-state index in [2.05, 4.69) is 20.8 Å². The van der Waals surface area contributed by atoms with Crippen LogP contribution in [0.5, 0.6) is 0 Å². The van der Waals surface area contributed by atoms with Crippen LogP contribution in [-0.2, 0) is 6.54 Å². The Morgan fingerprint density at radius 1 is 1.04 bits per heavy atom. The molecule has 0 bridgehead atoms. The van der Waals surface area contributed by atoms with Gasteiger partial charge >= 0.3 is 0 Å². The van der Waals surface area contributed by atoms with Crippen molar-refractivity contribution in [3.8, 4) is 5.69 Å². The Kier molecular flexibility index (Phi) is 7.17. The molecule has 3 aromatic rings. The number of thioether (sulfide) groups is 1. The van der Waals surface area contributed by atoms with Crippen molar-refractivity contribution in [1.82, 2.24) is 25.5 Å². The predicted octanol–water partition coefficient (Wildman–Crippen LogP) is -0.313. The second-order valence-corrected chi connectivity index (χ2v) is 5.92. The van der Waals surface area contributed by atoms with Crippen LogP contribution in [0.1, 0.15) is 5.56 Å². The molecular weight excluding hydrogens is 349 g/mol. The zero-order valence-electron chi connectivity index (χ0n) is 12.8. The lowest BCUT2D eigenvalue weighted by Gasteiger charge is -2.06. The van der Waals surface area contributed by atoms with Crippen molar-refractivity contribution in [2.24, 2.45) is 0 Å². The Morgan fingerprint density at radius 3 is 2.54 bits per heavy atom. The molecule has 2 aromatic carbocycles. The SMILES string of the molecule is Fc1ccc(CNCCSc2nnnn2-c2ccccc2)cc1.[Cl-]. The van der Waals surface area contributed by atoms with E-state index in [0.29, 0.717) is 6.54 Å². The van der Waals surface area contributed by atoms with Gasteiger partial charge < -0.3 is 17.7 Å². The fraction of sp³-hybridized carbons (Fsp3) is 0.188. The minimum atomic E-state index is -0.211. The summed E-state index contributed by atoms with van der Waals surface area (Å²) in [7, 11) is 0. The van der Waals surface area contributed by atoms with Gasteiger partial charge in [-0.3, -0.25) is 0 Å². The van der Waals surface area contributed by atoms with E-state index in [1.54, 1.807) is 28.6 Å². The highest BCUT2D eigenvalue weighted by Crippen LogP contribution is 2.17. The van der Waals surface area contributed by atoms with Gasteiger partial charge in [0, 0.05) is 18.8 Å². The fourth-order valence-electron chi connectivity index (χ4n) is 2.05. The molecule has 0 radical (unpaired) electrons. The summed E-state index contributed by atoms with van der Waals surface area (Å²) >= 11 is 1.59. The topological polar surface area (TPSA) is 55.6 Å². The molecule has 1 N–H and O–H groups in total. The van der Waals surface area contributed by atoms with Crippen molar-refractivity contribution in [1.29, 1.82) is 0 Å². The number of nitrogens with one attached hydrogen (secondary N) is 1. The average Bonchev–Trinajstić information content (AvgIpc) is 3.05. The number of aromatic nitrogens is 4. The minimum Gasteiger partial charge on any atom is -1.00 e. The van der Waals surface area contributed by atoms with Gasteiger partial charge in [-0.25, -0.2) is 4.39 Å². The smallest absolute Gasteiger partial charge is 0.214 e. The molecule has 0 fully saturated rings. The molecule has 0 unspecified atom stereocenters. The van der Waals surface area contributed by atoms with E-state index >= 15 is 0 Å². The second kappa shape index (κ2) is 9.36. The third-order valence-corrected chi connectivity index (χ3v) is 4.12. The van der Waals surface area contributed by atoms with E-state index in [-0.39, 0.29) is 18.2 Å². The van der Waals surface area contributed by atoms with Crippen LogP contribution in [-0.4, -0.2) is 32.5 Å². The third-order valence-electron chi connectivity index (χ3n) is 3.19. The van der Waals surface area contributed by atoms with Gasteiger partial charge in [-0.2, -0.15) is 4.68 Å². The summed E-state index contributed by atoms with van der Waals surface area (Å²) < 4.78 is 14.5. The summed E-state index contributed by atoms with van der Waals surface area (Å²) in [6.45, 7) is 1.52. The zero-order chi connectivity index (χ0) is 15.9. The average molecular weight is 365 g/mol. The molecule has 0 aliphatic carbocycles. The summed E-state index contributed by atoms with van der Waals surface area (Å²) in [4.78, 5) is 0. The molecule has 1 aromatic heterocycles. The van der Waals surface area contributed by atoms with E-state index in [9.17, 15) is 4.39 Å². The summed E-state index contributed by atoms with van der Waals surface area (Å²) in [5.74, 6) is 0.631. The molecule has 0 atom stereocenters. The highest BCUT2D eigenvalue weighted by Gasteiger charge is 2.07. The van der Waals surface area contributed by atoms with E-state index in [1.165, 1.54) is 12.1 Å². The Hall–Kier alpha value is -1.96. The number of rotatable bonds is 7. The van der Waals surface area contributed by atoms with Crippen LogP contribution in [0.2, 0.25) is 0 Å². The van der Waals surface area contributed by atoms with E-state index in [1.807, 2.05) is 30.3 Å². The lowest BCUT2D eigenvalue weighted by Crippen LogP contribution is -3.00. The van der Waals surface area contributed by atoms with Gasteiger partial charge in [0.2, 0.25) is 5.16 Å². The number of hydrogen-bond donors (Lipinski definition) is 1. The van der Waals surface area contributed by atoms with Crippen LogP contribution in [0.25, 0.3) is 5.69 Å². The molecule has 126 valence electrons. The lowest BCUT2D eigenvalue weighted by molar-refractivity contribution is -0.00000537. The molecular formula is C16H16ClFN5S-. The molecule has 8 heteroatoms. The first-order valence-corrected chi connectivity index (χ1v) is 8.23. The summed E-state index contributed by atoms with van der Waals surface area (Å²) in [6.07, 6.45) is 0. The fourth-order valence-corrected chi connectivity index (χ4v) is 2.84. The van der Waals surface area contributed by atoms with Crippen LogP contribution >= 0.6 is 11.8 Å². The minimum absolute atomic E-state index is 0. The number of benzene rings is 2. The number of nitrogens with zero attached hydrogens (tertiary/aromatic N) is 4. The Balaban J connectivity index is 0.00000208. The number of halogens is 2. The Labute approximate surface area is 150 Å². The van der Waals surface area contributed by atoms with Crippen molar-refractivity contribution < 1.29 is 16.8 Å². The van der Waals surface area contributed by atoms with Gasteiger partial charge in [0.25, 0.3) is 0 Å². The molecule has 0 saturated heterocycles. The third kappa shape index (κ3) is 5.02. The van der Waals surface area contributed by atoms with Crippen LogP contribution in [0.3, 0.4) is 0 Å². The van der Waals surface area contributed by atoms with Gasteiger partial charge in [-0.05, 0) is 40.3 Å². The molecule has 24 heavy (non-hydrogen) atoms. The first-order chi connectivity index (χ1) is 11.3. The molecule has 1 heterocycles. The molecule has 0 amide bonds. The zero-order valence-corrected chi connectivity index (χ0v) is 14.3. The Bertz CT molecular complexity index is 736. The predicted molar refractivity (Wildman–Crippen MR) is 88.0 cm³/mol. The highest BCUT2D eigenvalue weighted by molar-refractivity contribution is 7.99. The van der Waals surface area contributed by atoms with E-state index in [4.69, 9.17) is 0 Å². The maximum absolute atomic E-state index is 12.8. The molecule has 0 saturated carbocycles. The largest absolute Gasteiger partial charge is 1.00 e. The molecule has 0 aliphatic heterocycles. The number of tetrazole rings is 1. The molecule has 5 nitrogen and oxygen atoms in total. The van der Waals surface area contributed by atoms with E-state index in [0.717, 1.165) is 28.7 Å². The van der Waals surface area contributed by atoms with Crippen molar-refractivity contribution in [2.45, 2.75) is 11.7 Å². The quantitative estimate of drug-likeness (QED) is 0.460. The number of hydrogen-bond acceptors (Lipinski definition) is 5. The molecule has 0 aliphatic rings. The van der Waals surface area contributed by atoms with Crippen LogP contribution in [0, 0.1) is 5.82 Å². The van der Waals surface area contributed by atoms with Crippen molar-refractivity contribution >= 4 is 11.8 Å².